The quantitative estimate of drug-likeness (QED) is 0.352. The van der Waals surface area contributed by atoms with Gasteiger partial charge in [-0.25, -0.2) is 9.99 Å². The van der Waals surface area contributed by atoms with E-state index in [2.05, 4.69) is 9.37 Å². The van der Waals surface area contributed by atoms with E-state index >= 15 is 0 Å². The van der Waals surface area contributed by atoms with Crippen molar-refractivity contribution in [3.8, 4) is 0 Å². The number of ether oxygens (including phenoxy) is 1. The predicted molar refractivity (Wildman–Crippen MR) is 34.4 cm³/mol. The summed E-state index contributed by atoms with van der Waals surface area (Å²) in [5.74, 6) is 0. The Kier molecular flexibility index (Phi) is 5.15. The second kappa shape index (κ2) is 5.28. The van der Waals surface area contributed by atoms with E-state index in [4.69, 9.17) is 5.26 Å². The Balaban J connectivity index is 4.94. The maximum atomic E-state index is 12.4. The molecule has 0 aliphatic rings. The van der Waals surface area contributed by atoms with Gasteiger partial charge in [-0.2, -0.15) is 39.5 Å². The van der Waals surface area contributed by atoms with Crippen molar-refractivity contribution in [2.24, 2.45) is 0 Å². The van der Waals surface area contributed by atoms with Crippen LogP contribution in [0.15, 0.2) is 0 Å². The fraction of sp³-hybridized carbons (Fsp3) is 1.00. The molecule has 0 saturated carbocycles. The number of halogens is 9. The second-order valence-electron chi connectivity index (χ2n) is 2.38. The van der Waals surface area contributed by atoms with Gasteiger partial charge in [0.15, 0.2) is 0 Å². The molecule has 4 nitrogen and oxygen atoms in total. The molecule has 0 bridgehead atoms. The first-order chi connectivity index (χ1) is 7.77. The second-order valence-corrected chi connectivity index (χ2v) is 3.19. The first kappa shape index (κ1) is 17.6. The number of alkyl halides is 9. The van der Waals surface area contributed by atoms with E-state index < -0.39 is 35.7 Å². The molecule has 110 valence electrons. The predicted octanol–water partition coefficient (Wildman–Crippen LogP) is 3.41. The van der Waals surface area contributed by atoms with E-state index in [-0.39, 0.29) is 0 Å². The van der Waals surface area contributed by atoms with Crippen LogP contribution in [0.3, 0.4) is 0 Å². The summed E-state index contributed by atoms with van der Waals surface area (Å²) in [5.41, 5.74) is 0. The zero-order valence-corrected chi connectivity index (χ0v) is 8.30. The van der Waals surface area contributed by atoms with Crippen molar-refractivity contribution < 1.29 is 58.9 Å². The van der Waals surface area contributed by atoms with E-state index in [9.17, 15) is 39.5 Å². The highest BCUT2D eigenvalue weighted by atomic mass is 32.2. The van der Waals surface area contributed by atoms with E-state index in [1.54, 1.807) is 4.74 Å². The maximum absolute atomic E-state index is 12.4. The smallest absolute Gasteiger partial charge is 0.242 e. The number of rotatable bonds is 6. The Morgan fingerprint density at radius 3 is 1.56 bits per heavy atom. The normalized spacial score (nSPS) is 15.0. The first-order valence-corrected chi connectivity index (χ1v) is 4.07. The molecular formula is C4HF9O4S. The van der Waals surface area contributed by atoms with Gasteiger partial charge < -0.3 is 0 Å². The standard InChI is InChI=1S/C4HF9O4S/c5-1(6,7)2(8,9)15-3(10,11)4(12,13)18-17-16-14/h14H. The summed E-state index contributed by atoms with van der Waals surface area (Å²) in [7, 11) is 0. The summed E-state index contributed by atoms with van der Waals surface area (Å²) >= 11 is -1.74. The third kappa shape index (κ3) is 4.04. The minimum absolute atomic E-state index is 1.74. The number of hydrogen-bond acceptors (Lipinski definition) is 5. The summed E-state index contributed by atoms with van der Waals surface area (Å²) in [6.45, 7) is 0. The van der Waals surface area contributed by atoms with Gasteiger partial charge in [-0.1, -0.05) is 5.04 Å². The molecule has 0 aliphatic heterocycles. The van der Waals surface area contributed by atoms with E-state index in [0.29, 0.717) is 0 Å². The molecule has 0 heterocycles. The van der Waals surface area contributed by atoms with Gasteiger partial charge in [-0.15, -0.1) is 4.33 Å². The topological polar surface area (TPSA) is 47.9 Å². The van der Waals surface area contributed by atoms with Gasteiger partial charge in [0.1, 0.15) is 12.0 Å². The van der Waals surface area contributed by atoms with Crippen LogP contribution >= 0.6 is 12.0 Å². The Morgan fingerprint density at radius 2 is 1.22 bits per heavy atom. The van der Waals surface area contributed by atoms with Crippen LogP contribution in [0.4, 0.5) is 39.5 Å². The summed E-state index contributed by atoms with van der Waals surface area (Å²) in [4.78, 5) is 0. The van der Waals surface area contributed by atoms with Crippen molar-refractivity contribution >= 4 is 12.0 Å². The fourth-order valence-corrected chi connectivity index (χ4v) is 0.639. The molecule has 0 aromatic carbocycles. The molecule has 14 heteroatoms. The van der Waals surface area contributed by atoms with Crippen LogP contribution in [0.2, 0.25) is 0 Å². The van der Waals surface area contributed by atoms with Crippen LogP contribution in [0, 0.1) is 0 Å². The van der Waals surface area contributed by atoms with Gasteiger partial charge in [0.2, 0.25) is 0 Å². The Morgan fingerprint density at radius 1 is 0.778 bits per heavy atom. The van der Waals surface area contributed by atoms with Gasteiger partial charge in [0, 0.05) is 0 Å². The van der Waals surface area contributed by atoms with Crippen molar-refractivity contribution in [2.45, 2.75) is 23.6 Å². The average Bonchev–Trinajstić information content (AvgIpc) is 2.10. The molecule has 0 aromatic rings. The van der Waals surface area contributed by atoms with Crippen molar-refractivity contribution in [3.63, 3.8) is 0 Å². The molecule has 0 saturated heterocycles. The van der Waals surface area contributed by atoms with Crippen LogP contribution in [-0.4, -0.2) is 28.9 Å². The maximum Gasteiger partial charge on any atom is 0.483 e. The van der Waals surface area contributed by atoms with Gasteiger partial charge in [0.25, 0.3) is 0 Å². The van der Waals surface area contributed by atoms with Gasteiger partial charge in [-0.05, 0) is 0 Å². The van der Waals surface area contributed by atoms with E-state index in [0.717, 1.165) is 0 Å². The lowest BCUT2D eigenvalue weighted by atomic mass is 10.5. The third-order valence-corrected chi connectivity index (χ3v) is 1.67. The minimum Gasteiger partial charge on any atom is -0.242 e. The Labute approximate surface area is 95.6 Å². The summed E-state index contributed by atoms with van der Waals surface area (Å²) in [6, 6.07) is 0. The molecule has 0 spiro atoms. The SMILES string of the molecule is OOOSC(F)(F)C(F)(F)OC(F)(F)C(F)(F)F. The molecule has 0 radical (unpaired) electrons. The van der Waals surface area contributed by atoms with Crippen LogP contribution in [0.5, 0.6) is 0 Å². The van der Waals surface area contributed by atoms with Crippen LogP contribution in [0.1, 0.15) is 0 Å². The minimum atomic E-state index is -6.63. The fourth-order valence-electron chi connectivity index (χ4n) is 0.385. The Hall–Kier alpha value is -0.440. The highest BCUT2D eigenvalue weighted by Gasteiger charge is 2.71. The largest absolute Gasteiger partial charge is 0.483 e. The van der Waals surface area contributed by atoms with Crippen molar-refractivity contribution in [1.29, 1.82) is 0 Å². The monoisotopic (exact) mass is 316 g/mol. The summed E-state index contributed by atoms with van der Waals surface area (Å²) in [6.07, 6.45) is -19.4. The molecule has 0 fully saturated rings. The van der Waals surface area contributed by atoms with Gasteiger partial charge in [0.05, 0.1) is 0 Å². The van der Waals surface area contributed by atoms with E-state index in [1.807, 2.05) is 0 Å². The Bertz CT molecular complexity index is 278. The number of hydrogen-bond donors (Lipinski definition) is 1. The van der Waals surface area contributed by atoms with Crippen molar-refractivity contribution in [1.82, 2.24) is 0 Å². The first-order valence-electron chi connectivity index (χ1n) is 3.33. The molecule has 0 atom stereocenters. The highest BCUT2D eigenvalue weighted by molar-refractivity contribution is 7.95. The average molecular weight is 316 g/mol. The lowest BCUT2D eigenvalue weighted by Gasteiger charge is -2.28. The molecule has 0 unspecified atom stereocenters. The van der Waals surface area contributed by atoms with Crippen LogP contribution < -0.4 is 0 Å². The van der Waals surface area contributed by atoms with Crippen molar-refractivity contribution in [2.75, 3.05) is 0 Å². The lowest BCUT2D eigenvalue weighted by Crippen LogP contribution is -2.50. The van der Waals surface area contributed by atoms with Gasteiger partial charge in [-0.3, -0.25) is 0 Å². The highest BCUT2D eigenvalue weighted by Crippen LogP contribution is 2.49. The molecule has 1 N–H and O–H groups in total. The summed E-state index contributed by atoms with van der Waals surface area (Å²) in [5, 5.41) is 4.12. The molecule has 0 aliphatic carbocycles. The molecule has 0 amide bonds. The third-order valence-electron chi connectivity index (χ3n) is 1.09. The van der Waals surface area contributed by atoms with Crippen LogP contribution in [-0.2, 0) is 14.1 Å². The zero-order chi connectivity index (χ0) is 14.8. The molecule has 18 heavy (non-hydrogen) atoms. The zero-order valence-electron chi connectivity index (χ0n) is 7.48. The molecule has 0 aromatic heterocycles. The van der Waals surface area contributed by atoms with Gasteiger partial charge >= 0.3 is 23.6 Å². The summed E-state index contributed by atoms with van der Waals surface area (Å²) < 4.78 is 112. The molecule has 0 rings (SSSR count). The molecular weight excluding hydrogens is 315 g/mol. The van der Waals surface area contributed by atoms with Crippen molar-refractivity contribution in [3.05, 3.63) is 0 Å². The van der Waals surface area contributed by atoms with Crippen LogP contribution in [0.25, 0.3) is 0 Å². The van der Waals surface area contributed by atoms with E-state index in [1.165, 1.54) is 0 Å². The lowest BCUT2D eigenvalue weighted by molar-refractivity contribution is -0.478.